The Morgan fingerprint density at radius 1 is 1.27 bits per heavy atom. The first kappa shape index (κ1) is 10.2. The maximum atomic E-state index is 5.53. The van der Waals surface area contributed by atoms with Gasteiger partial charge >= 0.3 is 0 Å². The van der Waals surface area contributed by atoms with Crippen molar-refractivity contribution in [1.29, 1.82) is 0 Å². The van der Waals surface area contributed by atoms with Crippen molar-refractivity contribution in [1.82, 2.24) is 0 Å². The Balaban J connectivity index is 3.91. The lowest BCUT2D eigenvalue weighted by Gasteiger charge is -2.15. The minimum absolute atomic E-state index is 0.103. The molecule has 0 bridgehead atoms. The molecule has 0 aliphatic rings. The van der Waals surface area contributed by atoms with E-state index in [1.807, 2.05) is 18.2 Å². The summed E-state index contributed by atoms with van der Waals surface area (Å²) < 4.78 is 0. The van der Waals surface area contributed by atoms with Crippen molar-refractivity contribution in [3.05, 3.63) is 37.0 Å². The van der Waals surface area contributed by atoms with E-state index < -0.39 is 0 Å². The summed E-state index contributed by atoms with van der Waals surface area (Å²) in [5.74, 6) is 0. The average molecular weight is 151 g/mol. The number of hydrogen-bond donors (Lipinski definition) is 1. The zero-order chi connectivity index (χ0) is 8.74. The predicted octanol–water partition coefficient (Wildman–Crippen LogP) is 2.27. The molecule has 0 rings (SSSR count). The Morgan fingerprint density at radius 3 is 2.36 bits per heavy atom. The molecule has 0 heterocycles. The van der Waals surface area contributed by atoms with Gasteiger partial charge in [0.2, 0.25) is 0 Å². The highest BCUT2D eigenvalue weighted by Gasteiger charge is 2.08. The van der Waals surface area contributed by atoms with E-state index >= 15 is 0 Å². The van der Waals surface area contributed by atoms with Crippen LogP contribution in [0.1, 0.15) is 13.8 Å². The maximum absolute atomic E-state index is 5.53. The molecule has 0 aromatic rings. The molecule has 0 saturated carbocycles. The molecule has 0 radical (unpaired) electrons. The highest BCUT2D eigenvalue weighted by molar-refractivity contribution is 5.11. The Morgan fingerprint density at radius 2 is 1.91 bits per heavy atom. The topological polar surface area (TPSA) is 26.0 Å². The molecule has 0 atom stereocenters. The molecule has 0 saturated heterocycles. The van der Waals surface area contributed by atoms with Crippen molar-refractivity contribution in [2.45, 2.75) is 13.8 Å². The summed E-state index contributed by atoms with van der Waals surface area (Å²) in [6.45, 7) is 8.45. The summed E-state index contributed by atoms with van der Waals surface area (Å²) >= 11 is 0. The Bertz CT molecular complexity index is 164. The molecule has 2 N–H and O–H groups in total. The zero-order valence-electron chi connectivity index (χ0n) is 7.38. The molecule has 0 unspecified atom stereocenters. The Hall–Kier alpha value is -0.820. The lowest BCUT2D eigenvalue weighted by molar-refractivity contribution is 0.495. The molecular weight excluding hydrogens is 134 g/mol. The second-order valence-corrected chi connectivity index (χ2v) is 3.17. The third kappa shape index (κ3) is 5.62. The molecule has 1 nitrogen and oxygen atoms in total. The third-order valence-electron chi connectivity index (χ3n) is 1.43. The predicted molar refractivity (Wildman–Crippen MR) is 51.3 cm³/mol. The molecule has 0 spiro atoms. The van der Waals surface area contributed by atoms with Gasteiger partial charge in [0.05, 0.1) is 0 Å². The first-order valence-electron chi connectivity index (χ1n) is 3.79. The van der Waals surface area contributed by atoms with Crippen LogP contribution in [0.5, 0.6) is 0 Å². The monoisotopic (exact) mass is 151 g/mol. The van der Waals surface area contributed by atoms with Gasteiger partial charge in [-0.05, 0) is 5.41 Å². The van der Waals surface area contributed by atoms with Gasteiger partial charge in [0, 0.05) is 6.54 Å². The van der Waals surface area contributed by atoms with Gasteiger partial charge in [0.1, 0.15) is 0 Å². The fourth-order valence-corrected chi connectivity index (χ4v) is 0.527. The quantitative estimate of drug-likeness (QED) is 0.613. The average Bonchev–Trinajstić information content (AvgIpc) is 1.99. The van der Waals surface area contributed by atoms with Crippen molar-refractivity contribution in [3.63, 3.8) is 0 Å². The van der Waals surface area contributed by atoms with Crippen molar-refractivity contribution < 1.29 is 0 Å². The molecule has 0 aromatic carbocycles. The minimum Gasteiger partial charge on any atom is -0.330 e. The van der Waals surface area contributed by atoms with Gasteiger partial charge in [0.25, 0.3) is 0 Å². The van der Waals surface area contributed by atoms with Crippen LogP contribution < -0.4 is 5.73 Å². The second-order valence-electron chi connectivity index (χ2n) is 3.17. The lowest BCUT2D eigenvalue weighted by Crippen LogP contribution is -2.20. The number of rotatable bonds is 4. The molecule has 11 heavy (non-hydrogen) atoms. The number of nitrogens with two attached hydrogens (primary N) is 1. The lowest BCUT2D eigenvalue weighted by atomic mass is 9.93. The number of allylic oxidation sites excluding steroid dienone is 4. The van der Waals surface area contributed by atoms with E-state index in [1.54, 1.807) is 6.08 Å². The Kier molecular flexibility index (Phi) is 4.55. The van der Waals surface area contributed by atoms with Crippen LogP contribution in [0.4, 0.5) is 0 Å². The summed E-state index contributed by atoms with van der Waals surface area (Å²) in [7, 11) is 0. The van der Waals surface area contributed by atoms with Crippen LogP contribution in [0.15, 0.2) is 37.0 Å². The second kappa shape index (κ2) is 4.91. The molecule has 0 amide bonds. The van der Waals surface area contributed by atoms with E-state index in [0.717, 1.165) is 0 Å². The summed E-state index contributed by atoms with van der Waals surface area (Å²) in [5, 5.41) is 0. The summed E-state index contributed by atoms with van der Waals surface area (Å²) in [5.41, 5.74) is 5.63. The third-order valence-corrected chi connectivity index (χ3v) is 1.43. The SMILES string of the molecule is C=C/C=C\C=C\C(C)(C)CN. The maximum Gasteiger partial charge on any atom is 0.000897 e. The smallest absolute Gasteiger partial charge is 0.000897 e. The van der Waals surface area contributed by atoms with Crippen LogP contribution in [-0.2, 0) is 0 Å². The summed E-state index contributed by atoms with van der Waals surface area (Å²) in [6, 6.07) is 0. The molecule has 0 fully saturated rings. The van der Waals surface area contributed by atoms with Crippen LogP contribution in [0.2, 0.25) is 0 Å². The van der Waals surface area contributed by atoms with Gasteiger partial charge in [-0.25, -0.2) is 0 Å². The van der Waals surface area contributed by atoms with Gasteiger partial charge in [-0.2, -0.15) is 0 Å². The van der Waals surface area contributed by atoms with Crippen LogP contribution in [0.25, 0.3) is 0 Å². The minimum atomic E-state index is 0.103. The molecule has 62 valence electrons. The molecule has 0 aliphatic carbocycles. The number of hydrogen-bond acceptors (Lipinski definition) is 1. The normalized spacial score (nSPS) is 13.0. The van der Waals surface area contributed by atoms with Crippen LogP contribution >= 0.6 is 0 Å². The first-order chi connectivity index (χ1) is 5.12. The molecule has 0 aliphatic heterocycles. The highest BCUT2D eigenvalue weighted by atomic mass is 14.6. The van der Waals surface area contributed by atoms with E-state index in [1.165, 1.54) is 0 Å². The van der Waals surface area contributed by atoms with Crippen LogP contribution in [0, 0.1) is 5.41 Å². The standard InChI is InChI=1S/C10H17N/c1-4-5-6-7-8-10(2,3)9-11/h4-8H,1,9,11H2,2-3H3/b6-5-,8-7+. The van der Waals surface area contributed by atoms with Gasteiger partial charge in [-0.15, -0.1) is 0 Å². The van der Waals surface area contributed by atoms with E-state index in [0.29, 0.717) is 6.54 Å². The molecule has 1 heteroatoms. The van der Waals surface area contributed by atoms with Gasteiger partial charge < -0.3 is 5.73 Å². The summed E-state index contributed by atoms with van der Waals surface area (Å²) in [6.07, 6.45) is 9.68. The zero-order valence-corrected chi connectivity index (χ0v) is 7.38. The first-order valence-corrected chi connectivity index (χ1v) is 3.79. The van der Waals surface area contributed by atoms with E-state index in [-0.39, 0.29) is 5.41 Å². The van der Waals surface area contributed by atoms with Crippen LogP contribution in [0.3, 0.4) is 0 Å². The van der Waals surface area contributed by atoms with Crippen LogP contribution in [-0.4, -0.2) is 6.54 Å². The van der Waals surface area contributed by atoms with Crippen molar-refractivity contribution in [2.75, 3.05) is 6.54 Å². The van der Waals surface area contributed by atoms with E-state index in [9.17, 15) is 0 Å². The van der Waals surface area contributed by atoms with Crippen molar-refractivity contribution in [2.24, 2.45) is 11.1 Å². The summed E-state index contributed by atoms with van der Waals surface area (Å²) in [4.78, 5) is 0. The van der Waals surface area contributed by atoms with Gasteiger partial charge in [-0.3, -0.25) is 0 Å². The molecule has 0 aromatic heterocycles. The van der Waals surface area contributed by atoms with Gasteiger partial charge in [-0.1, -0.05) is 50.8 Å². The van der Waals surface area contributed by atoms with Gasteiger partial charge in [0.15, 0.2) is 0 Å². The fourth-order valence-electron chi connectivity index (χ4n) is 0.527. The van der Waals surface area contributed by atoms with E-state index in [2.05, 4.69) is 26.5 Å². The highest BCUT2D eigenvalue weighted by Crippen LogP contribution is 2.13. The largest absolute Gasteiger partial charge is 0.330 e. The van der Waals surface area contributed by atoms with Crippen molar-refractivity contribution >= 4 is 0 Å². The molecular formula is C10H17N. The fraction of sp³-hybridized carbons (Fsp3) is 0.400. The Labute approximate surface area is 69.3 Å². The van der Waals surface area contributed by atoms with E-state index in [4.69, 9.17) is 5.73 Å². The van der Waals surface area contributed by atoms with Crippen molar-refractivity contribution in [3.8, 4) is 0 Å².